The minimum Gasteiger partial charge on any atom is -0.363 e. The molecule has 3 heterocycles. The summed E-state index contributed by atoms with van der Waals surface area (Å²) < 4.78 is 44.4. The number of nitrogens with zero attached hydrogens (tertiary/aromatic N) is 6. The van der Waals surface area contributed by atoms with Gasteiger partial charge in [0.2, 0.25) is 11.7 Å². The topological polar surface area (TPSA) is 102 Å². The van der Waals surface area contributed by atoms with E-state index in [0.717, 1.165) is 4.68 Å². The number of pyridine rings is 1. The minimum atomic E-state index is -4.64. The lowest BCUT2D eigenvalue weighted by Crippen LogP contribution is -2.28. The molecule has 0 aliphatic heterocycles. The predicted octanol–water partition coefficient (Wildman–Crippen LogP) is 2.44. The summed E-state index contributed by atoms with van der Waals surface area (Å²) in [5, 5.41) is 9.74. The Kier molecular flexibility index (Phi) is 5.27. The van der Waals surface area contributed by atoms with Crippen LogP contribution in [0.15, 0.2) is 28.9 Å². The van der Waals surface area contributed by atoms with Gasteiger partial charge in [0.05, 0.1) is 0 Å². The van der Waals surface area contributed by atoms with Crippen LogP contribution in [0, 0.1) is 0 Å². The second-order valence-electron chi connectivity index (χ2n) is 6.48. The zero-order valence-electron chi connectivity index (χ0n) is 16.0. The highest BCUT2D eigenvalue weighted by Crippen LogP contribution is 2.28. The lowest BCUT2D eigenvalue weighted by molar-refractivity contribution is -0.141. The van der Waals surface area contributed by atoms with Crippen LogP contribution < -0.4 is 10.2 Å². The van der Waals surface area contributed by atoms with Crippen LogP contribution in [0.5, 0.6) is 0 Å². The Balaban J connectivity index is 1.75. The van der Waals surface area contributed by atoms with Crippen molar-refractivity contribution in [1.29, 1.82) is 0 Å². The molecule has 0 aromatic carbocycles. The Morgan fingerprint density at radius 3 is 2.66 bits per heavy atom. The number of halogens is 3. The zero-order valence-corrected chi connectivity index (χ0v) is 16.0. The number of amides is 1. The number of hydrogen-bond acceptors (Lipinski definition) is 7. The first-order valence-electron chi connectivity index (χ1n) is 8.45. The summed E-state index contributed by atoms with van der Waals surface area (Å²) in [6, 6.07) is 3.43. The van der Waals surface area contributed by atoms with Gasteiger partial charge in [-0.05, 0) is 19.1 Å². The fourth-order valence-electron chi connectivity index (χ4n) is 2.48. The van der Waals surface area contributed by atoms with Crippen LogP contribution in [-0.4, -0.2) is 44.9 Å². The number of alkyl halides is 3. The molecule has 29 heavy (non-hydrogen) atoms. The van der Waals surface area contributed by atoms with Crippen LogP contribution in [0.1, 0.15) is 35.0 Å². The molecule has 0 saturated carbocycles. The van der Waals surface area contributed by atoms with Gasteiger partial charge >= 0.3 is 6.18 Å². The van der Waals surface area contributed by atoms with E-state index in [2.05, 4.69) is 25.5 Å². The number of rotatable bonds is 5. The Bertz CT molecular complexity index is 1030. The van der Waals surface area contributed by atoms with Crippen molar-refractivity contribution in [3.8, 4) is 11.4 Å². The molecule has 1 atom stereocenters. The first-order chi connectivity index (χ1) is 13.6. The maximum Gasteiger partial charge on any atom is 0.435 e. The van der Waals surface area contributed by atoms with Crippen molar-refractivity contribution < 1.29 is 22.5 Å². The van der Waals surface area contributed by atoms with Gasteiger partial charge in [-0.3, -0.25) is 9.48 Å². The summed E-state index contributed by atoms with van der Waals surface area (Å²) in [6.45, 7) is 1.58. The second-order valence-corrected chi connectivity index (χ2v) is 6.48. The van der Waals surface area contributed by atoms with Crippen molar-refractivity contribution in [2.75, 3.05) is 19.0 Å². The Labute approximate surface area is 163 Å². The number of nitrogens with one attached hydrogen (secondary N) is 1. The predicted molar refractivity (Wildman–Crippen MR) is 95.9 cm³/mol. The van der Waals surface area contributed by atoms with E-state index in [1.54, 1.807) is 25.3 Å². The summed E-state index contributed by atoms with van der Waals surface area (Å²) in [5.41, 5.74) is -0.723. The normalized spacial score (nSPS) is 12.7. The first-order valence-corrected chi connectivity index (χ1v) is 8.45. The number of aryl methyl sites for hydroxylation is 1. The van der Waals surface area contributed by atoms with Gasteiger partial charge in [0.15, 0.2) is 5.69 Å². The van der Waals surface area contributed by atoms with Gasteiger partial charge < -0.3 is 14.7 Å². The Morgan fingerprint density at radius 2 is 2.03 bits per heavy atom. The highest BCUT2D eigenvalue weighted by molar-refractivity contribution is 5.92. The molecule has 12 heteroatoms. The molecule has 3 aromatic rings. The van der Waals surface area contributed by atoms with E-state index in [4.69, 9.17) is 4.52 Å². The largest absolute Gasteiger partial charge is 0.435 e. The molecule has 3 rings (SSSR count). The Morgan fingerprint density at radius 1 is 1.31 bits per heavy atom. The van der Waals surface area contributed by atoms with Crippen molar-refractivity contribution in [2.45, 2.75) is 19.1 Å². The van der Waals surface area contributed by atoms with Gasteiger partial charge in [0, 0.05) is 39.0 Å². The van der Waals surface area contributed by atoms with Crippen LogP contribution in [0.4, 0.5) is 19.0 Å². The molecule has 1 amide bonds. The summed E-state index contributed by atoms with van der Waals surface area (Å²) >= 11 is 0. The molecule has 0 bridgehead atoms. The van der Waals surface area contributed by atoms with Crippen LogP contribution in [0.3, 0.4) is 0 Å². The third kappa shape index (κ3) is 4.36. The van der Waals surface area contributed by atoms with Crippen molar-refractivity contribution in [3.05, 3.63) is 41.7 Å². The molecule has 9 nitrogen and oxygen atoms in total. The smallest absolute Gasteiger partial charge is 0.363 e. The number of anilines is 1. The van der Waals surface area contributed by atoms with Gasteiger partial charge in [-0.1, -0.05) is 5.16 Å². The van der Waals surface area contributed by atoms with Gasteiger partial charge in [-0.25, -0.2) is 4.98 Å². The fourth-order valence-corrected chi connectivity index (χ4v) is 2.48. The molecular formula is C17H18F3N7O2. The van der Waals surface area contributed by atoms with E-state index >= 15 is 0 Å². The van der Waals surface area contributed by atoms with Gasteiger partial charge in [-0.2, -0.15) is 23.3 Å². The summed E-state index contributed by atoms with van der Waals surface area (Å²) in [6.07, 6.45) is -3.04. The number of hydrogen-bond donors (Lipinski definition) is 1. The highest BCUT2D eigenvalue weighted by Gasteiger charge is 2.35. The van der Waals surface area contributed by atoms with E-state index < -0.39 is 23.8 Å². The van der Waals surface area contributed by atoms with Crippen molar-refractivity contribution >= 4 is 11.7 Å². The van der Waals surface area contributed by atoms with Gasteiger partial charge in [0.1, 0.15) is 17.6 Å². The average Bonchev–Trinajstić information content (AvgIpc) is 3.28. The fraction of sp³-hybridized carbons (Fsp3) is 0.353. The first kappa shape index (κ1) is 20.3. The summed E-state index contributed by atoms with van der Waals surface area (Å²) in [7, 11) is 4.94. The highest BCUT2D eigenvalue weighted by atomic mass is 19.4. The van der Waals surface area contributed by atoms with E-state index in [-0.39, 0.29) is 11.6 Å². The third-order valence-electron chi connectivity index (χ3n) is 4.02. The standard InChI is InChI=1S/C17H18F3N7O2/c1-9(22-15(28)11-8-12(17(18,19)20)24-27(11)4)16-23-14(25-29-16)10-5-6-21-13(7-10)26(2)3/h5-9H,1-4H3,(H,22,28). The van der Waals surface area contributed by atoms with Crippen LogP contribution in [0.2, 0.25) is 0 Å². The molecule has 154 valence electrons. The Hall–Kier alpha value is -3.44. The SMILES string of the molecule is CC(NC(=O)c1cc(C(F)(F)F)nn1C)c1nc(-c2ccnc(N(C)C)c2)no1. The molecule has 0 aliphatic carbocycles. The van der Waals surface area contributed by atoms with Crippen LogP contribution in [-0.2, 0) is 13.2 Å². The summed E-state index contributed by atoms with van der Waals surface area (Å²) in [5.74, 6) is 0.356. The molecule has 0 saturated heterocycles. The molecule has 1 unspecified atom stereocenters. The summed E-state index contributed by atoms with van der Waals surface area (Å²) in [4.78, 5) is 22.6. The van der Waals surface area contributed by atoms with Crippen molar-refractivity contribution in [1.82, 2.24) is 30.2 Å². The number of carbonyl (C=O) groups is 1. The minimum absolute atomic E-state index is 0.106. The van der Waals surface area contributed by atoms with E-state index in [1.165, 1.54) is 7.05 Å². The molecule has 0 aliphatic rings. The molecule has 0 fully saturated rings. The lowest BCUT2D eigenvalue weighted by atomic mass is 10.2. The van der Waals surface area contributed by atoms with Gasteiger partial charge in [0.25, 0.3) is 5.91 Å². The number of carbonyl (C=O) groups excluding carboxylic acids is 1. The van der Waals surface area contributed by atoms with Crippen molar-refractivity contribution in [2.24, 2.45) is 7.05 Å². The quantitative estimate of drug-likeness (QED) is 0.691. The van der Waals surface area contributed by atoms with E-state index in [1.807, 2.05) is 19.0 Å². The molecule has 3 aromatic heterocycles. The second kappa shape index (κ2) is 7.53. The van der Waals surface area contributed by atoms with Crippen LogP contribution in [0.25, 0.3) is 11.4 Å². The van der Waals surface area contributed by atoms with Crippen molar-refractivity contribution in [3.63, 3.8) is 0 Å². The van der Waals surface area contributed by atoms with E-state index in [9.17, 15) is 18.0 Å². The lowest BCUT2D eigenvalue weighted by Gasteiger charge is -2.11. The van der Waals surface area contributed by atoms with Gasteiger partial charge in [-0.15, -0.1) is 0 Å². The number of aromatic nitrogens is 5. The molecule has 0 radical (unpaired) electrons. The maximum absolute atomic E-state index is 12.8. The zero-order chi connectivity index (χ0) is 21.3. The van der Waals surface area contributed by atoms with Crippen LogP contribution >= 0.6 is 0 Å². The monoisotopic (exact) mass is 409 g/mol. The maximum atomic E-state index is 12.8. The molecular weight excluding hydrogens is 391 g/mol. The molecule has 0 spiro atoms. The molecule has 1 N–H and O–H groups in total. The third-order valence-corrected chi connectivity index (χ3v) is 4.02. The van der Waals surface area contributed by atoms with E-state index in [0.29, 0.717) is 23.3 Å². The average molecular weight is 409 g/mol.